The van der Waals surface area contributed by atoms with Crippen molar-refractivity contribution in [1.82, 2.24) is 0 Å². The summed E-state index contributed by atoms with van der Waals surface area (Å²) in [7, 11) is 1.63. The Kier molecular flexibility index (Phi) is 4.52. The molecule has 2 fully saturated rings. The molecule has 1 heterocycles. The highest BCUT2D eigenvalue weighted by molar-refractivity contribution is 5.06. The molecule has 0 aromatic rings. The lowest BCUT2D eigenvalue weighted by Crippen LogP contribution is -2.51. The van der Waals surface area contributed by atoms with Gasteiger partial charge in [0.1, 0.15) is 0 Å². The van der Waals surface area contributed by atoms with Crippen LogP contribution in [0.2, 0.25) is 0 Å². The van der Waals surface area contributed by atoms with Gasteiger partial charge in [-0.05, 0) is 25.7 Å². The highest BCUT2D eigenvalue weighted by atomic mass is 16.7. The van der Waals surface area contributed by atoms with Crippen LogP contribution in [-0.4, -0.2) is 31.1 Å². The first-order valence-electron chi connectivity index (χ1n) is 5.88. The maximum absolute atomic E-state index is 6.06. The van der Waals surface area contributed by atoms with Crippen molar-refractivity contribution >= 4 is 0 Å². The van der Waals surface area contributed by atoms with E-state index in [9.17, 15) is 0 Å². The van der Waals surface area contributed by atoms with Crippen LogP contribution in [0.25, 0.3) is 0 Å². The molecule has 2 aliphatic rings. The molecule has 0 aromatic heterocycles. The second kappa shape index (κ2) is 5.25. The van der Waals surface area contributed by atoms with Crippen molar-refractivity contribution in [3.05, 3.63) is 0 Å². The number of hydrogen-bond acceptors (Lipinski definition) is 4. The minimum Gasteiger partial charge on any atom is -0.354 e. The van der Waals surface area contributed by atoms with E-state index in [1.165, 1.54) is 0 Å². The fraction of sp³-hybridized carbons (Fsp3) is 1.00. The predicted molar refractivity (Wildman–Crippen MR) is 60.4 cm³/mol. The van der Waals surface area contributed by atoms with Crippen molar-refractivity contribution in [2.75, 3.05) is 7.11 Å². The lowest BCUT2D eigenvalue weighted by Gasteiger charge is -2.36. The summed E-state index contributed by atoms with van der Waals surface area (Å²) in [6, 6.07) is 0.00333. The highest BCUT2D eigenvalue weighted by Crippen LogP contribution is 2.41. The van der Waals surface area contributed by atoms with E-state index in [4.69, 9.17) is 20.9 Å². The predicted octanol–water partition coefficient (Wildman–Crippen LogP) is 0.983. The minimum absolute atomic E-state index is 0.00333. The first-order valence-corrected chi connectivity index (χ1v) is 5.88. The van der Waals surface area contributed by atoms with Gasteiger partial charge in [0.2, 0.25) is 0 Å². The van der Waals surface area contributed by atoms with Crippen molar-refractivity contribution in [2.45, 2.75) is 63.5 Å². The van der Waals surface area contributed by atoms with E-state index in [0.717, 1.165) is 25.7 Å². The number of rotatable bonds is 2. The Morgan fingerprint density at radius 2 is 1.87 bits per heavy atom. The molecule has 0 radical (unpaired) electrons. The summed E-state index contributed by atoms with van der Waals surface area (Å²) in [6.45, 7) is 4.00. The fourth-order valence-corrected chi connectivity index (χ4v) is 1.93. The smallest absolute Gasteiger partial charge is 0.172 e. The molecule has 90 valence electrons. The Bertz CT molecular complexity index is 195. The Balaban J connectivity index is 0.000000531. The van der Waals surface area contributed by atoms with E-state index < -0.39 is 0 Å². The number of methoxy groups -OCH3 is 1. The van der Waals surface area contributed by atoms with Crippen molar-refractivity contribution in [2.24, 2.45) is 11.5 Å². The average Bonchev–Trinajstić information content (AvgIpc) is 3.01. The summed E-state index contributed by atoms with van der Waals surface area (Å²) < 4.78 is 10.9. The van der Waals surface area contributed by atoms with Gasteiger partial charge in [0.05, 0.1) is 12.1 Å². The summed E-state index contributed by atoms with van der Waals surface area (Å²) in [4.78, 5) is 0. The normalized spacial score (nSPS) is 37.8. The van der Waals surface area contributed by atoms with Crippen LogP contribution in [0.15, 0.2) is 0 Å². The second-order valence-electron chi connectivity index (χ2n) is 4.20. The van der Waals surface area contributed by atoms with Crippen molar-refractivity contribution in [3.63, 3.8) is 0 Å². The molecule has 0 amide bonds. The molecular weight excluding hydrogens is 192 g/mol. The summed E-state index contributed by atoms with van der Waals surface area (Å²) in [6.07, 6.45) is 3.95. The van der Waals surface area contributed by atoms with E-state index in [2.05, 4.69) is 0 Å². The average molecular weight is 216 g/mol. The Morgan fingerprint density at radius 3 is 2.33 bits per heavy atom. The van der Waals surface area contributed by atoms with E-state index >= 15 is 0 Å². The topological polar surface area (TPSA) is 70.5 Å². The molecule has 0 spiro atoms. The Morgan fingerprint density at radius 1 is 1.27 bits per heavy atom. The third-order valence-corrected chi connectivity index (χ3v) is 3.11. The molecule has 3 atom stereocenters. The van der Waals surface area contributed by atoms with Crippen molar-refractivity contribution in [3.8, 4) is 0 Å². The van der Waals surface area contributed by atoms with Crippen molar-refractivity contribution < 1.29 is 9.47 Å². The van der Waals surface area contributed by atoms with Gasteiger partial charge in [-0.1, -0.05) is 13.8 Å². The SMILES string of the molecule is CC.CO[C@H]1OC(C2(N)CC2)CCC1N. The van der Waals surface area contributed by atoms with Gasteiger partial charge in [-0.15, -0.1) is 0 Å². The molecule has 1 saturated heterocycles. The lowest BCUT2D eigenvalue weighted by atomic mass is 9.98. The molecule has 4 N–H and O–H groups in total. The molecule has 2 rings (SSSR count). The molecule has 0 bridgehead atoms. The molecule has 15 heavy (non-hydrogen) atoms. The third kappa shape index (κ3) is 2.91. The number of nitrogens with two attached hydrogens (primary N) is 2. The maximum atomic E-state index is 6.06. The minimum atomic E-state index is -0.264. The molecule has 2 unspecified atom stereocenters. The fourth-order valence-electron chi connectivity index (χ4n) is 1.93. The van der Waals surface area contributed by atoms with Gasteiger partial charge in [-0.3, -0.25) is 0 Å². The van der Waals surface area contributed by atoms with Crippen LogP contribution in [0.1, 0.15) is 39.5 Å². The Labute approximate surface area is 92.3 Å². The molecule has 0 aromatic carbocycles. The summed E-state index contributed by atoms with van der Waals surface area (Å²) in [5.74, 6) is 0. The third-order valence-electron chi connectivity index (χ3n) is 3.11. The standard InChI is InChI=1S/C9H18N2O2.C2H6/c1-12-8-6(10)2-3-7(13-8)9(11)4-5-9;1-2/h6-8H,2-5,10-11H2,1H3;1-2H3/t6?,7?,8-;/m0./s1. The molecule has 4 nitrogen and oxygen atoms in total. The van der Waals surface area contributed by atoms with Gasteiger partial charge in [0.15, 0.2) is 6.29 Å². The van der Waals surface area contributed by atoms with Gasteiger partial charge in [-0.25, -0.2) is 0 Å². The van der Waals surface area contributed by atoms with E-state index in [1.807, 2.05) is 13.8 Å². The Hall–Kier alpha value is -0.160. The van der Waals surface area contributed by atoms with E-state index in [-0.39, 0.29) is 24.0 Å². The van der Waals surface area contributed by atoms with Crippen LogP contribution in [0, 0.1) is 0 Å². The first-order chi connectivity index (χ1) is 7.15. The molecule has 4 heteroatoms. The quantitative estimate of drug-likeness (QED) is 0.722. The van der Waals surface area contributed by atoms with Gasteiger partial charge in [0, 0.05) is 12.6 Å². The zero-order valence-electron chi connectivity index (χ0n) is 10.0. The molecule has 1 aliphatic carbocycles. The van der Waals surface area contributed by atoms with Crippen LogP contribution >= 0.6 is 0 Å². The van der Waals surface area contributed by atoms with Gasteiger partial charge in [0.25, 0.3) is 0 Å². The van der Waals surface area contributed by atoms with Crippen LogP contribution in [0.5, 0.6) is 0 Å². The zero-order valence-corrected chi connectivity index (χ0v) is 10.0. The van der Waals surface area contributed by atoms with Crippen LogP contribution in [0.4, 0.5) is 0 Å². The van der Waals surface area contributed by atoms with Gasteiger partial charge in [-0.2, -0.15) is 0 Å². The zero-order chi connectivity index (χ0) is 11.5. The monoisotopic (exact) mass is 216 g/mol. The lowest BCUT2D eigenvalue weighted by molar-refractivity contribution is -0.196. The van der Waals surface area contributed by atoms with Crippen molar-refractivity contribution in [1.29, 1.82) is 0 Å². The summed E-state index contributed by atoms with van der Waals surface area (Å²) >= 11 is 0. The highest BCUT2D eigenvalue weighted by Gasteiger charge is 2.49. The number of ether oxygens (including phenoxy) is 2. The maximum Gasteiger partial charge on any atom is 0.172 e. The van der Waals surface area contributed by atoms with E-state index in [1.54, 1.807) is 7.11 Å². The molecule has 1 saturated carbocycles. The van der Waals surface area contributed by atoms with E-state index in [0.29, 0.717) is 0 Å². The summed E-state index contributed by atoms with van der Waals surface area (Å²) in [5, 5.41) is 0. The van der Waals surface area contributed by atoms with Crippen LogP contribution < -0.4 is 11.5 Å². The second-order valence-corrected chi connectivity index (χ2v) is 4.20. The largest absolute Gasteiger partial charge is 0.354 e. The first kappa shape index (κ1) is 12.9. The molecule has 1 aliphatic heterocycles. The summed E-state index contributed by atoms with van der Waals surface area (Å²) in [5.41, 5.74) is 11.8. The van der Waals surface area contributed by atoms with Crippen LogP contribution in [0.3, 0.4) is 0 Å². The number of hydrogen-bond donors (Lipinski definition) is 2. The van der Waals surface area contributed by atoms with Gasteiger partial charge >= 0.3 is 0 Å². The molecular formula is C11H24N2O2. The van der Waals surface area contributed by atoms with Gasteiger partial charge < -0.3 is 20.9 Å². The van der Waals surface area contributed by atoms with Crippen LogP contribution in [-0.2, 0) is 9.47 Å².